The lowest BCUT2D eigenvalue weighted by Gasteiger charge is -2.27. The van der Waals surface area contributed by atoms with Crippen molar-refractivity contribution in [3.63, 3.8) is 0 Å². The fourth-order valence-corrected chi connectivity index (χ4v) is 4.20. The Morgan fingerprint density at radius 1 is 1.27 bits per heavy atom. The normalized spacial score (nSPS) is 13.4. The van der Waals surface area contributed by atoms with Crippen LogP contribution in [-0.2, 0) is 4.79 Å². The summed E-state index contributed by atoms with van der Waals surface area (Å²) in [4.78, 5) is 19.2. The van der Waals surface area contributed by atoms with Crippen LogP contribution in [0.3, 0.4) is 0 Å². The van der Waals surface area contributed by atoms with Gasteiger partial charge >= 0.3 is 0 Å². The van der Waals surface area contributed by atoms with Gasteiger partial charge in [0, 0.05) is 24.4 Å². The molecule has 0 saturated heterocycles. The molecule has 0 aliphatic heterocycles. The lowest BCUT2D eigenvalue weighted by Crippen LogP contribution is -2.39. The van der Waals surface area contributed by atoms with Gasteiger partial charge in [-0.1, -0.05) is 13.8 Å². The van der Waals surface area contributed by atoms with Crippen LogP contribution in [0.1, 0.15) is 19.5 Å². The van der Waals surface area contributed by atoms with E-state index < -0.39 is 0 Å². The van der Waals surface area contributed by atoms with Crippen LogP contribution in [0.2, 0.25) is 0 Å². The average molecular weight is 393 g/mol. The molecule has 1 amide bonds. The fourth-order valence-electron chi connectivity index (χ4n) is 2.88. The summed E-state index contributed by atoms with van der Waals surface area (Å²) in [5.41, 5.74) is 2.64. The lowest BCUT2D eigenvalue weighted by molar-refractivity contribution is -0.121. The molecule has 0 fully saturated rings. The Hall–Kier alpha value is -1.47. The van der Waals surface area contributed by atoms with Gasteiger partial charge in [0.1, 0.15) is 0 Å². The molecule has 0 radical (unpaired) electrons. The van der Waals surface area contributed by atoms with Crippen molar-refractivity contribution in [1.82, 2.24) is 14.8 Å². The Balaban J connectivity index is 2.35. The number of carbonyl (C=O) groups excluding carboxylic acids is 1. The Morgan fingerprint density at radius 2 is 2.00 bits per heavy atom. The molecule has 2 aromatic rings. The first-order valence-corrected chi connectivity index (χ1v) is 11.5. The predicted molar refractivity (Wildman–Crippen MR) is 114 cm³/mol. The van der Waals surface area contributed by atoms with Gasteiger partial charge < -0.3 is 4.90 Å². The lowest BCUT2D eigenvalue weighted by atomic mass is 10.1. The smallest absolute Gasteiger partial charge is 0.230 e. The molecule has 0 spiro atoms. The van der Waals surface area contributed by atoms with Crippen molar-refractivity contribution in [2.75, 3.05) is 35.5 Å². The molecule has 0 aromatic carbocycles. The number of amides is 1. The number of carbonyl (C=O) groups is 1. The van der Waals surface area contributed by atoms with Crippen LogP contribution in [0.4, 0.5) is 5.69 Å². The number of hydrogen-bond donors (Lipinski definition) is 0. The Labute approximate surface area is 164 Å². The molecular weight excluding hydrogens is 364 g/mol. The molecule has 7 heteroatoms. The molecule has 2 atom stereocenters. The molecule has 142 valence electrons. The molecule has 26 heavy (non-hydrogen) atoms. The highest BCUT2D eigenvalue weighted by Crippen LogP contribution is 2.25. The van der Waals surface area contributed by atoms with E-state index in [2.05, 4.69) is 23.3 Å². The number of aromatic nitrogens is 3. The SMILES string of the molecule is CSCC(C)CN(C(=O)C(C)CSC)c1cn(-c2cccnc2)nc1C. The molecular formula is C19H28N4OS2. The van der Waals surface area contributed by atoms with E-state index in [4.69, 9.17) is 0 Å². The summed E-state index contributed by atoms with van der Waals surface area (Å²) >= 11 is 3.52. The highest BCUT2D eigenvalue weighted by atomic mass is 32.2. The molecule has 2 unspecified atom stereocenters. The van der Waals surface area contributed by atoms with Crippen molar-refractivity contribution < 1.29 is 4.79 Å². The molecule has 2 heterocycles. The quantitative estimate of drug-likeness (QED) is 0.648. The number of thioether (sulfide) groups is 2. The molecule has 2 aromatic heterocycles. The van der Waals surface area contributed by atoms with Crippen LogP contribution in [0.25, 0.3) is 5.69 Å². The van der Waals surface area contributed by atoms with Crippen molar-refractivity contribution in [1.29, 1.82) is 0 Å². The third-order valence-electron chi connectivity index (χ3n) is 4.12. The highest BCUT2D eigenvalue weighted by Gasteiger charge is 2.26. The zero-order valence-electron chi connectivity index (χ0n) is 16.2. The van der Waals surface area contributed by atoms with E-state index in [0.29, 0.717) is 12.5 Å². The van der Waals surface area contributed by atoms with Crippen LogP contribution < -0.4 is 4.90 Å². The van der Waals surface area contributed by atoms with Gasteiger partial charge in [-0.25, -0.2) is 4.68 Å². The summed E-state index contributed by atoms with van der Waals surface area (Å²) < 4.78 is 1.80. The predicted octanol–water partition coefficient (Wildman–Crippen LogP) is 3.91. The maximum Gasteiger partial charge on any atom is 0.230 e. The second kappa shape index (κ2) is 10.0. The number of aryl methyl sites for hydroxylation is 1. The number of hydrogen-bond acceptors (Lipinski definition) is 5. The summed E-state index contributed by atoms with van der Waals surface area (Å²) in [6.45, 7) is 6.86. The first-order valence-electron chi connectivity index (χ1n) is 8.73. The number of pyridine rings is 1. The minimum absolute atomic E-state index is 0.0207. The van der Waals surface area contributed by atoms with Crippen molar-refractivity contribution in [2.45, 2.75) is 20.8 Å². The maximum absolute atomic E-state index is 13.1. The van der Waals surface area contributed by atoms with Crippen LogP contribution in [0.5, 0.6) is 0 Å². The summed E-state index contributed by atoms with van der Waals surface area (Å²) in [5, 5.41) is 4.62. The number of anilines is 1. The van der Waals surface area contributed by atoms with Gasteiger partial charge in [0.25, 0.3) is 0 Å². The van der Waals surface area contributed by atoms with Gasteiger partial charge in [-0.15, -0.1) is 0 Å². The second-order valence-corrected chi connectivity index (χ2v) is 8.44. The van der Waals surface area contributed by atoms with Gasteiger partial charge in [-0.2, -0.15) is 28.6 Å². The zero-order valence-corrected chi connectivity index (χ0v) is 17.8. The summed E-state index contributed by atoms with van der Waals surface area (Å²) in [6, 6.07) is 3.85. The van der Waals surface area contributed by atoms with Crippen molar-refractivity contribution in [2.24, 2.45) is 11.8 Å². The molecule has 5 nitrogen and oxygen atoms in total. The van der Waals surface area contributed by atoms with Gasteiger partial charge in [0.15, 0.2) is 0 Å². The third-order valence-corrected chi connectivity index (χ3v) is 5.86. The van der Waals surface area contributed by atoms with Gasteiger partial charge in [-0.05, 0) is 43.2 Å². The largest absolute Gasteiger partial charge is 0.309 e. The molecule has 0 aliphatic carbocycles. The van der Waals surface area contributed by atoms with E-state index in [9.17, 15) is 4.79 Å². The number of rotatable bonds is 9. The topological polar surface area (TPSA) is 51.0 Å². The fraction of sp³-hybridized carbons (Fsp3) is 0.526. The van der Waals surface area contributed by atoms with Crippen LogP contribution >= 0.6 is 23.5 Å². The third kappa shape index (κ3) is 5.27. The van der Waals surface area contributed by atoms with Gasteiger partial charge in [0.2, 0.25) is 5.91 Å². The Bertz CT molecular complexity index is 705. The Morgan fingerprint density at radius 3 is 2.62 bits per heavy atom. The number of nitrogens with zero attached hydrogens (tertiary/aromatic N) is 4. The van der Waals surface area contributed by atoms with E-state index in [1.165, 1.54) is 0 Å². The molecule has 0 N–H and O–H groups in total. The van der Waals surface area contributed by atoms with Crippen LogP contribution in [0.15, 0.2) is 30.7 Å². The first-order chi connectivity index (χ1) is 12.5. The van der Waals surface area contributed by atoms with Crippen LogP contribution in [-0.4, -0.2) is 51.2 Å². The first kappa shape index (κ1) is 20.8. The van der Waals surface area contributed by atoms with Gasteiger partial charge in [-0.3, -0.25) is 9.78 Å². The van der Waals surface area contributed by atoms with Crippen LogP contribution in [0, 0.1) is 18.8 Å². The van der Waals surface area contributed by atoms with E-state index in [1.54, 1.807) is 28.8 Å². The van der Waals surface area contributed by atoms with Crippen molar-refractivity contribution in [3.8, 4) is 5.69 Å². The molecule has 0 aliphatic rings. The minimum atomic E-state index is -0.0207. The monoisotopic (exact) mass is 392 g/mol. The van der Waals surface area contributed by atoms with E-state index in [1.807, 2.05) is 55.1 Å². The summed E-state index contributed by atoms with van der Waals surface area (Å²) in [5.74, 6) is 2.41. The molecule has 2 rings (SSSR count). The molecule has 0 bridgehead atoms. The average Bonchev–Trinajstić information content (AvgIpc) is 3.02. The summed E-state index contributed by atoms with van der Waals surface area (Å²) in [7, 11) is 0. The standard InChI is InChI=1S/C19H28N4OS2/c1-14(12-25-4)10-22(19(24)15(2)13-26-5)18-11-23(21-16(18)3)17-7-6-8-20-9-17/h6-9,11,14-15H,10,12-13H2,1-5H3. The van der Waals surface area contributed by atoms with E-state index in [0.717, 1.165) is 28.6 Å². The van der Waals surface area contributed by atoms with E-state index >= 15 is 0 Å². The highest BCUT2D eigenvalue weighted by molar-refractivity contribution is 7.98. The Kier molecular flexibility index (Phi) is 8.03. The van der Waals surface area contributed by atoms with Crippen molar-refractivity contribution in [3.05, 3.63) is 36.4 Å². The summed E-state index contributed by atoms with van der Waals surface area (Å²) in [6.07, 6.45) is 9.60. The molecule has 0 saturated carbocycles. The maximum atomic E-state index is 13.1. The van der Waals surface area contributed by atoms with Gasteiger partial charge in [0.05, 0.1) is 29.5 Å². The van der Waals surface area contributed by atoms with Crippen molar-refractivity contribution >= 4 is 35.1 Å². The second-order valence-electron chi connectivity index (χ2n) is 6.62. The minimum Gasteiger partial charge on any atom is -0.309 e. The van der Waals surface area contributed by atoms with E-state index in [-0.39, 0.29) is 11.8 Å². The zero-order chi connectivity index (χ0) is 19.1.